The lowest BCUT2D eigenvalue weighted by Crippen LogP contribution is -2.25. The lowest BCUT2D eigenvalue weighted by molar-refractivity contribution is -0.208. The molecule has 0 aromatic heterocycles. The first kappa shape index (κ1) is 40.2. The van der Waals surface area contributed by atoms with Gasteiger partial charge in [0, 0.05) is 26.4 Å². The Hall–Kier alpha value is -0.800. The van der Waals surface area contributed by atoms with Crippen LogP contribution in [0.5, 0.6) is 0 Å². The van der Waals surface area contributed by atoms with Gasteiger partial charge in [0.15, 0.2) is 25.2 Å². The smallest absolute Gasteiger partial charge is 0.180 e. The largest absolute Gasteiger partial charge is 0.353 e. The Bertz CT molecular complexity index is 509. The molecular weight excluding hydrogens is 520 g/mol. The molecule has 0 saturated carbocycles. The summed E-state index contributed by atoms with van der Waals surface area (Å²) in [6.07, 6.45) is 22.1. The van der Waals surface area contributed by atoms with Gasteiger partial charge >= 0.3 is 0 Å². The molecule has 0 radical (unpaired) electrons. The van der Waals surface area contributed by atoms with Crippen molar-refractivity contribution >= 4 is 0 Å². The first-order valence-corrected chi connectivity index (χ1v) is 16.8. The first-order valence-electron chi connectivity index (χ1n) is 16.8. The Kier molecular flexibility index (Phi) is 31.5. The Labute approximate surface area is 253 Å². The Morgan fingerprint density at radius 1 is 0.439 bits per heavy atom. The number of hydrogen-bond acceptors (Lipinski definition) is 7. The summed E-state index contributed by atoms with van der Waals surface area (Å²) in [7, 11) is 0. The molecule has 0 aliphatic heterocycles. The van der Waals surface area contributed by atoms with Crippen molar-refractivity contribution in [3.8, 4) is 0 Å². The lowest BCUT2D eigenvalue weighted by Gasteiger charge is -2.22. The van der Waals surface area contributed by atoms with Crippen molar-refractivity contribution in [3.05, 3.63) is 24.3 Å². The number of rotatable bonds is 32. The third-order valence-electron chi connectivity index (χ3n) is 6.45. The molecule has 0 N–H and O–H groups in total. The Morgan fingerprint density at radius 2 is 0.829 bits per heavy atom. The van der Waals surface area contributed by atoms with Crippen molar-refractivity contribution in [1.29, 1.82) is 0 Å². The summed E-state index contributed by atoms with van der Waals surface area (Å²) in [5.41, 5.74) is 0. The van der Waals surface area contributed by atoms with Gasteiger partial charge in [0.1, 0.15) is 0 Å². The molecular formula is C34H66O7. The topological polar surface area (TPSA) is 64.6 Å². The van der Waals surface area contributed by atoms with Gasteiger partial charge < -0.3 is 33.2 Å². The maximum absolute atomic E-state index is 6.33. The van der Waals surface area contributed by atoms with E-state index < -0.39 is 12.6 Å². The molecule has 0 saturated heterocycles. The fraction of sp³-hybridized carbons (Fsp3) is 0.882. The van der Waals surface area contributed by atoms with Crippen molar-refractivity contribution in [1.82, 2.24) is 0 Å². The number of ether oxygens (including phenoxy) is 7. The van der Waals surface area contributed by atoms with E-state index in [-0.39, 0.29) is 12.6 Å². The zero-order valence-corrected chi connectivity index (χ0v) is 27.6. The monoisotopic (exact) mass is 586 g/mol. The van der Waals surface area contributed by atoms with Gasteiger partial charge in [-0.25, -0.2) is 0 Å². The van der Waals surface area contributed by atoms with Crippen LogP contribution >= 0.6 is 0 Å². The van der Waals surface area contributed by atoms with Gasteiger partial charge in [0.05, 0.1) is 13.2 Å². The van der Waals surface area contributed by atoms with Crippen LogP contribution in [0, 0.1) is 0 Å². The van der Waals surface area contributed by atoms with E-state index in [0.29, 0.717) is 39.6 Å². The molecule has 7 heteroatoms. The van der Waals surface area contributed by atoms with Gasteiger partial charge in [-0.15, -0.1) is 0 Å². The minimum absolute atomic E-state index is 0.0971. The summed E-state index contributed by atoms with van der Waals surface area (Å²) >= 11 is 0. The predicted molar refractivity (Wildman–Crippen MR) is 169 cm³/mol. The molecule has 0 spiro atoms. The minimum atomic E-state index is -0.426. The van der Waals surface area contributed by atoms with E-state index in [9.17, 15) is 0 Å². The molecule has 41 heavy (non-hydrogen) atoms. The molecule has 0 heterocycles. The highest BCUT2D eigenvalue weighted by atomic mass is 16.8. The molecule has 0 aromatic rings. The van der Waals surface area contributed by atoms with E-state index in [1.807, 2.05) is 39.8 Å². The van der Waals surface area contributed by atoms with Crippen LogP contribution in [0.1, 0.15) is 131 Å². The summed E-state index contributed by atoms with van der Waals surface area (Å²) in [4.78, 5) is 0. The molecule has 0 amide bonds. The third-order valence-corrected chi connectivity index (χ3v) is 6.45. The average molecular weight is 587 g/mol. The van der Waals surface area contributed by atoms with Gasteiger partial charge in [-0.1, -0.05) is 51.7 Å². The first-order chi connectivity index (χ1) is 20.1. The zero-order chi connectivity index (χ0) is 30.2. The second-order valence-corrected chi connectivity index (χ2v) is 10.1. The summed E-state index contributed by atoms with van der Waals surface area (Å²) in [5, 5.41) is 0. The number of hydrogen-bond donors (Lipinski definition) is 0. The van der Waals surface area contributed by atoms with Gasteiger partial charge in [-0.05, 0) is 104 Å². The van der Waals surface area contributed by atoms with Crippen LogP contribution in [0.3, 0.4) is 0 Å². The van der Waals surface area contributed by atoms with Crippen molar-refractivity contribution < 1.29 is 33.2 Å². The maximum Gasteiger partial charge on any atom is 0.180 e. The summed E-state index contributed by atoms with van der Waals surface area (Å²) in [6.45, 7) is 16.5. The minimum Gasteiger partial charge on any atom is -0.353 e. The predicted octanol–water partition coefficient (Wildman–Crippen LogP) is 9.10. The van der Waals surface area contributed by atoms with Gasteiger partial charge in [-0.3, -0.25) is 0 Å². The zero-order valence-electron chi connectivity index (χ0n) is 27.6. The maximum atomic E-state index is 6.33. The highest BCUT2D eigenvalue weighted by Crippen LogP contribution is 2.14. The lowest BCUT2D eigenvalue weighted by atomic mass is 10.2. The van der Waals surface area contributed by atoms with Gasteiger partial charge in [0.25, 0.3) is 0 Å². The second-order valence-electron chi connectivity index (χ2n) is 10.1. The SMILES string of the molecule is CCCCCOC(C=CCCCCC(OCC)OCC)OC(C=CCCCCC(OCC)OCC)OCCCCC. The highest BCUT2D eigenvalue weighted by Gasteiger charge is 2.14. The number of unbranched alkanes of at least 4 members (excludes halogenated alkanes) is 8. The van der Waals surface area contributed by atoms with Gasteiger partial charge in [0.2, 0.25) is 0 Å². The van der Waals surface area contributed by atoms with E-state index in [1.54, 1.807) is 0 Å². The standard InChI is InChI=1S/C34H66O7/c1-7-13-23-29-39-33(27-21-17-15-19-25-31(35-9-3)36-10-4)41-34(40-30-24-14-8-2)28-22-18-16-20-26-32(37-11-5)38-12-6/h21-22,27-28,31-34H,7-20,23-26,29-30H2,1-6H3. The van der Waals surface area contributed by atoms with E-state index in [4.69, 9.17) is 33.2 Å². The fourth-order valence-electron chi connectivity index (χ4n) is 4.25. The van der Waals surface area contributed by atoms with E-state index in [1.165, 1.54) is 0 Å². The molecule has 0 aliphatic carbocycles. The van der Waals surface area contributed by atoms with Crippen molar-refractivity contribution in [3.63, 3.8) is 0 Å². The Morgan fingerprint density at radius 3 is 1.17 bits per heavy atom. The molecule has 0 bridgehead atoms. The molecule has 0 rings (SSSR count). The molecule has 0 aromatic carbocycles. The molecule has 244 valence electrons. The molecule has 2 unspecified atom stereocenters. The fourth-order valence-corrected chi connectivity index (χ4v) is 4.25. The molecule has 0 fully saturated rings. The quantitative estimate of drug-likeness (QED) is 0.0442. The summed E-state index contributed by atoms with van der Waals surface area (Å²) in [5.74, 6) is 0. The van der Waals surface area contributed by atoms with E-state index >= 15 is 0 Å². The van der Waals surface area contributed by atoms with Crippen LogP contribution in [-0.4, -0.2) is 64.8 Å². The Balaban J connectivity index is 4.91. The van der Waals surface area contributed by atoms with Crippen LogP contribution in [0.15, 0.2) is 24.3 Å². The van der Waals surface area contributed by atoms with Crippen molar-refractivity contribution in [2.75, 3.05) is 39.6 Å². The van der Waals surface area contributed by atoms with Crippen LogP contribution in [0.2, 0.25) is 0 Å². The second kappa shape index (κ2) is 32.1. The van der Waals surface area contributed by atoms with Gasteiger partial charge in [-0.2, -0.15) is 0 Å². The van der Waals surface area contributed by atoms with Crippen LogP contribution < -0.4 is 0 Å². The number of allylic oxidation sites excluding steroid dienone is 2. The molecule has 7 nitrogen and oxygen atoms in total. The van der Waals surface area contributed by atoms with Crippen molar-refractivity contribution in [2.24, 2.45) is 0 Å². The highest BCUT2D eigenvalue weighted by molar-refractivity contribution is 4.89. The van der Waals surface area contributed by atoms with E-state index in [2.05, 4.69) is 26.0 Å². The molecule has 0 aliphatic rings. The summed E-state index contributed by atoms with van der Waals surface area (Å²) < 4.78 is 41.2. The third kappa shape index (κ3) is 26.6. The average Bonchev–Trinajstić information content (AvgIpc) is 2.96. The van der Waals surface area contributed by atoms with Crippen LogP contribution in [0.25, 0.3) is 0 Å². The molecule has 2 atom stereocenters. The van der Waals surface area contributed by atoms with E-state index in [0.717, 1.165) is 89.9 Å². The van der Waals surface area contributed by atoms with Crippen LogP contribution in [-0.2, 0) is 33.2 Å². The summed E-state index contributed by atoms with van der Waals surface area (Å²) in [6, 6.07) is 0. The van der Waals surface area contributed by atoms with Crippen LogP contribution in [0.4, 0.5) is 0 Å². The van der Waals surface area contributed by atoms with Crippen molar-refractivity contribution in [2.45, 2.75) is 157 Å². The normalized spacial score (nSPS) is 13.9.